The van der Waals surface area contributed by atoms with Crippen LogP contribution in [0.1, 0.15) is 0 Å². The van der Waals surface area contributed by atoms with E-state index in [4.69, 9.17) is 5.73 Å². The molecule has 0 atom stereocenters. The monoisotopic (exact) mass is 250 g/mol. The van der Waals surface area contributed by atoms with Gasteiger partial charge in [0, 0.05) is 28.5 Å². The molecule has 0 spiro atoms. The molecule has 0 fully saturated rings. The molecule has 2 aromatic heterocycles. The van der Waals surface area contributed by atoms with Gasteiger partial charge in [-0.15, -0.1) is 0 Å². The number of nitrogens with zero attached hydrogens (tertiary/aromatic N) is 3. The first-order valence-electron chi connectivity index (χ1n) is 3.94. The first-order valence-corrected chi connectivity index (χ1v) is 4.73. The van der Waals surface area contributed by atoms with Gasteiger partial charge in [-0.1, -0.05) is 0 Å². The van der Waals surface area contributed by atoms with E-state index in [0.29, 0.717) is 5.82 Å². The van der Waals surface area contributed by atoms with E-state index in [9.17, 15) is 0 Å². The van der Waals surface area contributed by atoms with E-state index in [1.165, 1.54) is 6.33 Å². The van der Waals surface area contributed by atoms with Crippen LogP contribution in [0.2, 0.25) is 0 Å². The highest BCUT2D eigenvalue weighted by Gasteiger charge is 2.00. The van der Waals surface area contributed by atoms with Crippen molar-refractivity contribution in [2.75, 3.05) is 5.73 Å². The fourth-order valence-electron chi connectivity index (χ4n) is 1.08. The van der Waals surface area contributed by atoms with Gasteiger partial charge in [-0.3, -0.25) is 4.98 Å². The van der Waals surface area contributed by atoms with Crippen LogP contribution < -0.4 is 5.73 Å². The van der Waals surface area contributed by atoms with Crippen molar-refractivity contribution in [1.29, 1.82) is 0 Å². The minimum atomic E-state index is 0.454. The number of aromatic nitrogens is 3. The maximum atomic E-state index is 5.55. The van der Waals surface area contributed by atoms with Gasteiger partial charge in [0.15, 0.2) is 0 Å². The molecule has 4 nitrogen and oxygen atoms in total. The first kappa shape index (κ1) is 9.08. The standard InChI is InChI=1S/C9H7BrN4/c10-7-1-6(3-12-4-7)8-2-9(11)14-5-13-8/h1-5H,(H2,11,13,14). The summed E-state index contributed by atoms with van der Waals surface area (Å²) in [7, 11) is 0. The van der Waals surface area contributed by atoms with Gasteiger partial charge in [0.25, 0.3) is 0 Å². The summed E-state index contributed by atoms with van der Waals surface area (Å²) in [6.07, 6.45) is 4.88. The number of nitrogens with two attached hydrogens (primary N) is 1. The highest BCUT2D eigenvalue weighted by atomic mass is 79.9. The van der Waals surface area contributed by atoms with Gasteiger partial charge in [0.05, 0.1) is 5.69 Å². The minimum Gasteiger partial charge on any atom is -0.384 e. The van der Waals surface area contributed by atoms with E-state index < -0.39 is 0 Å². The second-order valence-corrected chi connectivity index (χ2v) is 3.64. The van der Waals surface area contributed by atoms with Crippen LogP contribution in [0, 0.1) is 0 Å². The molecule has 0 aliphatic carbocycles. The summed E-state index contributed by atoms with van der Waals surface area (Å²) in [5.41, 5.74) is 7.23. The molecular formula is C9H7BrN4. The van der Waals surface area contributed by atoms with Crippen molar-refractivity contribution in [3.8, 4) is 11.3 Å². The zero-order chi connectivity index (χ0) is 9.97. The third-order valence-electron chi connectivity index (χ3n) is 1.69. The van der Waals surface area contributed by atoms with Crippen molar-refractivity contribution >= 4 is 21.7 Å². The molecule has 5 heteroatoms. The van der Waals surface area contributed by atoms with Crippen LogP contribution in [0.3, 0.4) is 0 Å². The average molecular weight is 251 g/mol. The van der Waals surface area contributed by atoms with Crippen molar-refractivity contribution in [3.05, 3.63) is 35.3 Å². The Bertz CT molecular complexity index is 415. The number of anilines is 1. The first-order chi connectivity index (χ1) is 6.75. The van der Waals surface area contributed by atoms with Gasteiger partial charge in [-0.25, -0.2) is 9.97 Å². The number of rotatable bonds is 1. The maximum Gasteiger partial charge on any atom is 0.127 e. The van der Waals surface area contributed by atoms with Crippen LogP contribution in [0.15, 0.2) is 35.3 Å². The summed E-state index contributed by atoms with van der Waals surface area (Å²) in [4.78, 5) is 12.0. The van der Waals surface area contributed by atoms with Crippen molar-refractivity contribution in [3.63, 3.8) is 0 Å². The number of pyridine rings is 1. The second-order valence-electron chi connectivity index (χ2n) is 2.72. The molecule has 0 aliphatic heterocycles. The molecular weight excluding hydrogens is 244 g/mol. The van der Waals surface area contributed by atoms with E-state index >= 15 is 0 Å². The Morgan fingerprint density at radius 3 is 2.71 bits per heavy atom. The van der Waals surface area contributed by atoms with Gasteiger partial charge in [-0.2, -0.15) is 0 Å². The summed E-state index contributed by atoms with van der Waals surface area (Å²) in [6, 6.07) is 3.64. The molecule has 0 amide bonds. The Morgan fingerprint density at radius 1 is 1.14 bits per heavy atom. The van der Waals surface area contributed by atoms with E-state index in [1.54, 1.807) is 18.5 Å². The zero-order valence-corrected chi connectivity index (χ0v) is 8.77. The summed E-state index contributed by atoms with van der Waals surface area (Å²) in [6.45, 7) is 0. The van der Waals surface area contributed by atoms with Crippen LogP contribution >= 0.6 is 15.9 Å². The average Bonchev–Trinajstić information content (AvgIpc) is 2.18. The molecule has 0 saturated carbocycles. The van der Waals surface area contributed by atoms with Gasteiger partial charge in [0.2, 0.25) is 0 Å². The normalized spacial score (nSPS) is 10.1. The van der Waals surface area contributed by atoms with Crippen molar-refractivity contribution in [2.24, 2.45) is 0 Å². The Kier molecular flexibility index (Phi) is 2.41. The Balaban J connectivity index is 2.49. The SMILES string of the molecule is Nc1cc(-c2cncc(Br)c2)ncn1. The highest BCUT2D eigenvalue weighted by molar-refractivity contribution is 9.10. The topological polar surface area (TPSA) is 64.7 Å². The van der Waals surface area contributed by atoms with E-state index in [-0.39, 0.29) is 0 Å². The fourth-order valence-corrected chi connectivity index (χ4v) is 1.45. The van der Waals surface area contributed by atoms with Crippen LogP contribution in [-0.4, -0.2) is 15.0 Å². The second kappa shape index (κ2) is 3.71. The van der Waals surface area contributed by atoms with Gasteiger partial charge in [-0.05, 0) is 22.0 Å². The highest BCUT2D eigenvalue weighted by Crippen LogP contribution is 2.19. The third-order valence-corrected chi connectivity index (χ3v) is 2.12. The third kappa shape index (κ3) is 1.88. The van der Waals surface area contributed by atoms with Crippen LogP contribution in [0.25, 0.3) is 11.3 Å². The van der Waals surface area contributed by atoms with Crippen LogP contribution in [0.4, 0.5) is 5.82 Å². The van der Waals surface area contributed by atoms with E-state index in [1.807, 2.05) is 6.07 Å². The zero-order valence-electron chi connectivity index (χ0n) is 7.18. The molecule has 0 unspecified atom stereocenters. The van der Waals surface area contributed by atoms with Crippen LogP contribution in [0.5, 0.6) is 0 Å². The number of hydrogen-bond acceptors (Lipinski definition) is 4. The lowest BCUT2D eigenvalue weighted by atomic mass is 10.2. The molecule has 0 bridgehead atoms. The molecule has 14 heavy (non-hydrogen) atoms. The van der Waals surface area contributed by atoms with Crippen molar-refractivity contribution in [1.82, 2.24) is 15.0 Å². The minimum absolute atomic E-state index is 0.454. The lowest BCUT2D eigenvalue weighted by Crippen LogP contribution is -1.92. The summed E-state index contributed by atoms with van der Waals surface area (Å²) >= 11 is 3.34. The molecule has 70 valence electrons. The molecule has 2 heterocycles. The lowest BCUT2D eigenvalue weighted by molar-refractivity contribution is 1.17. The lowest BCUT2D eigenvalue weighted by Gasteiger charge is -2.00. The summed E-state index contributed by atoms with van der Waals surface area (Å²) < 4.78 is 0.909. The molecule has 2 N–H and O–H groups in total. The van der Waals surface area contributed by atoms with Crippen molar-refractivity contribution < 1.29 is 0 Å². The van der Waals surface area contributed by atoms with Gasteiger partial charge < -0.3 is 5.73 Å². The van der Waals surface area contributed by atoms with E-state index in [2.05, 4.69) is 30.9 Å². The van der Waals surface area contributed by atoms with Crippen molar-refractivity contribution in [2.45, 2.75) is 0 Å². The number of hydrogen-bond donors (Lipinski definition) is 1. The molecule has 0 aromatic carbocycles. The predicted octanol–water partition coefficient (Wildman–Crippen LogP) is 1.88. The molecule has 2 rings (SSSR count). The smallest absolute Gasteiger partial charge is 0.127 e. The predicted molar refractivity (Wildman–Crippen MR) is 57.4 cm³/mol. The largest absolute Gasteiger partial charge is 0.384 e. The van der Waals surface area contributed by atoms with Crippen LogP contribution in [-0.2, 0) is 0 Å². The Labute approximate surface area is 89.4 Å². The summed E-state index contributed by atoms with van der Waals surface area (Å²) in [5, 5.41) is 0. The Hall–Kier alpha value is -1.49. The van der Waals surface area contributed by atoms with Gasteiger partial charge in [0.1, 0.15) is 12.1 Å². The molecule has 0 saturated heterocycles. The van der Waals surface area contributed by atoms with E-state index in [0.717, 1.165) is 15.7 Å². The quantitative estimate of drug-likeness (QED) is 0.840. The molecule has 0 aliphatic rings. The Morgan fingerprint density at radius 2 is 2.00 bits per heavy atom. The molecule has 0 radical (unpaired) electrons. The fraction of sp³-hybridized carbons (Fsp3) is 0. The maximum absolute atomic E-state index is 5.55. The molecule has 2 aromatic rings. The number of halogens is 1. The number of nitrogen functional groups attached to an aromatic ring is 1. The summed E-state index contributed by atoms with van der Waals surface area (Å²) in [5.74, 6) is 0.454. The van der Waals surface area contributed by atoms with Gasteiger partial charge >= 0.3 is 0 Å².